The average molecular weight is 595 g/mol. The van der Waals surface area contributed by atoms with E-state index in [4.69, 9.17) is 0 Å². The third-order valence-electron chi connectivity index (χ3n) is 7.26. The highest BCUT2D eigenvalue weighted by atomic mass is 19.4. The average Bonchev–Trinajstić information content (AvgIpc) is 2.93. The second-order valence-electron chi connectivity index (χ2n) is 10.7. The van der Waals surface area contributed by atoms with Gasteiger partial charge in [0.1, 0.15) is 6.04 Å². The second-order valence-corrected chi connectivity index (χ2v) is 10.7. The van der Waals surface area contributed by atoms with Crippen molar-refractivity contribution in [2.45, 2.75) is 57.0 Å². The van der Waals surface area contributed by atoms with E-state index < -0.39 is 23.5 Å². The van der Waals surface area contributed by atoms with Crippen molar-refractivity contribution in [3.63, 3.8) is 0 Å². The van der Waals surface area contributed by atoms with Gasteiger partial charge < -0.3 is 10.4 Å². The Kier molecular flexibility index (Phi) is 9.29. The maximum absolute atomic E-state index is 13.2. The van der Waals surface area contributed by atoms with Gasteiger partial charge in [0.25, 0.3) is 5.60 Å². The first-order valence-corrected chi connectivity index (χ1v) is 13.4. The topological polar surface area (TPSA) is 68.7 Å². The summed E-state index contributed by atoms with van der Waals surface area (Å²) in [6.07, 6.45) is -8.43. The van der Waals surface area contributed by atoms with Gasteiger partial charge in [-0.15, -0.1) is 0 Å². The number of halogens is 6. The smallest absolute Gasteiger partial charge is 0.369 e. The lowest BCUT2D eigenvalue weighted by Crippen LogP contribution is -2.59. The summed E-state index contributed by atoms with van der Waals surface area (Å²) in [6.45, 7) is 6.89. The van der Waals surface area contributed by atoms with E-state index in [-0.39, 0.29) is 18.0 Å². The number of aromatic nitrogens is 1. The molecule has 1 saturated heterocycles. The molecule has 0 saturated carbocycles. The lowest BCUT2D eigenvalue weighted by atomic mass is 9.90. The summed E-state index contributed by atoms with van der Waals surface area (Å²) in [5.41, 5.74) is -3.29. The van der Waals surface area contributed by atoms with Gasteiger partial charge in [0.15, 0.2) is 0 Å². The number of alkyl halides is 6. The number of nitrogens with one attached hydrogen (secondary N) is 1. The van der Waals surface area contributed by atoms with Crippen LogP contribution in [0.4, 0.5) is 26.3 Å². The number of rotatable bonds is 8. The fraction of sp³-hybridized carbons (Fsp3) is 0.400. The normalized spacial score (nSPS) is 17.4. The molecule has 1 aromatic heterocycles. The highest BCUT2D eigenvalue weighted by Gasteiger charge is 2.71. The Morgan fingerprint density at radius 1 is 0.857 bits per heavy atom. The van der Waals surface area contributed by atoms with Gasteiger partial charge in [-0.3, -0.25) is 19.6 Å². The fourth-order valence-electron chi connectivity index (χ4n) is 5.01. The molecule has 0 unspecified atom stereocenters. The van der Waals surface area contributed by atoms with Crippen LogP contribution < -0.4 is 5.32 Å². The molecule has 2 heterocycles. The second kappa shape index (κ2) is 12.4. The SMILES string of the molecule is CC(C)NC(=O)[C@H]1CN(Cc2ccc(-c3ccc(C(O)(C(F)(F)F)C(F)(F)F)cc3)cc2)CCN1Cc1ccncc1. The van der Waals surface area contributed by atoms with Crippen LogP contribution in [-0.4, -0.2) is 69.9 Å². The summed E-state index contributed by atoms with van der Waals surface area (Å²) in [6, 6.07) is 14.1. The van der Waals surface area contributed by atoms with E-state index in [0.29, 0.717) is 49.4 Å². The summed E-state index contributed by atoms with van der Waals surface area (Å²) in [4.78, 5) is 21.4. The molecule has 42 heavy (non-hydrogen) atoms. The van der Waals surface area contributed by atoms with Crippen molar-refractivity contribution in [2.24, 2.45) is 0 Å². The Labute approximate surface area is 240 Å². The molecule has 226 valence electrons. The fourth-order valence-corrected chi connectivity index (χ4v) is 5.01. The zero-order valence-electron chi connectivity index (χ0n) is 23.1. The number of pyridine rings is 1. The predicted octanol–water partition coefficient (Wildman–Crippen LogP) is 5.27. The van der Waals surface area contributed by atoms with E-state index in [2.05, 4.69) is 20.1 Å². The van der Waals surface area contributed by atoms with Gasteiger partial charge in [-0.2, -0.15) is 26.3 Å². The van der Waals surface area contributed by atoms with Crippen LogP contribution in [0.3, 0.4) is 0 Å². The quantitative estimate of drug-likeness (QED) is 0.348. The third kappa shape index (κ3) is 6.93. The van der Waals surface area contributed by atoms with E-state index >= 15 is 0 Å². The van der Waals surface area contributed by atoms with Crippen LogP contribution in [0, 0.1) is 0 Å². The summed E-state index contributed by atoms with van der Waals surface area (Å²) >= 11 is 0. The third-order valence-corrected chi connectivity index (χ3v) is 7.26. The molecule has 1 aliphatic heterocycles. The van der Waals surface area contributed by atoms with Gasteiger partial charge in [-0.1, -0.05) is 48.5 Å². The zero-order chi connectivity index (χ0) is 30.7. The number of aliphatic hydroxyl groups is 1. The van der Waals surface area contributed by atoms with Crippen LogP contribution in [-0.2, 0) is 23.5 Å². The summed E-state index contributed by atoms with van der Waals surface area (Å²) < 4.78 is 79.1. The van der Waals surface area contributed by atoms with Crippen molar-refractivity contribution < 1.29 is 36.2 Å². The molecule has 0 bridgehead atoms. The predicted molar refractivity (Wildman–Crippen MR) is 145 cm³/mol. The van der Waals surface area contributed by atoms with Crippen molar-refractivity contribution >= 4 is 5.91 Å². The van der Waals surface area contributed by atoms with Crippen LogP contribution in [0.1, 0.15) is 30.5 Å². The maximum atomic E-state index is 13.2. The Morgan fingerprint density at radius 3 is 1.90 bits per heavy atom. The lowest BCUT2D eigenvalue weighted by molar-refractivity contribution is -0.376. The highest BCUT2D eigenvalue weighted by Crippen LogP contribution is 2.50. The first-order valence-electron chi connectivity index (χ1n) is 13.4. The Bertz CT molecular complexity index is 1320. The molecule has 4 rings (SSSR count). The molecule has 2 N–H and O–H groups in total. The molecule has 1 aliphatic rings. The van der Waals surface area contributed by atoms with Gasteiger partial charge in [0, 0.05) is 56.7 Å². The molecular weight excluding hydrogens is 562 g/mol. The summed E-state index contributed by atoms with van der Waals surface area (Å²) in [5.74, 6) is -0.0505. The first kappa shape index (κ1) is 31.5. The molecular formula is C30H32F6N4O2. The molecule has 12 heteroatoms. The Morgan fingerprint density at radius 2 is 1.38 bits per heavy atom. The molecule has 2 aromatic carbocycles. The number of carbonyl (C=O) groups excluding carboxylic acids is 1. The lowest BCUT2D eigenvalue weighted by Gasteiger charge is -2.41. The van der Waals surface area contributed by atoms with Gasteiger partial charge in [0.2, 0.25) is 5.91 Å². The van der Waals surface area contributed by atoms with Crippen molar-refractivity contribution in [1.82, 2.24) is 20.1 Å². The molecule has 1 amide bonds. The molecule has 1 fully saturated rings. The van der Waals surface area contributed by atoms with Crippen LogP contribution in [0.15, 0.2) is 73.1 Å². The van der Waals surface area contributed by atoms with Crippen LogP contribution in [0.5, 0.6) is 0 Å². The monoisotopic (exact) mass is 594 g/mol. The first-order chi connectivity index (χ1) is 19.7. The number of nitrogens with zero attached hydrogens (tertiary/aromatic N) is 3. The van der Waals surface area contributed by atoms with Crippen molar-refractivity contribution in [3.05, 3.63) is 89.7 Å². The highest BCUT2D eigenvalue weighted by molar-refractivity contribution is 5.82. The Balaban J connectivity index is 1.45. The molecule has 0 aliphatic carbocycles. The van der Waals surface area contributed by atoms with Crippen molar-refractivity contribution in [2.75, 3.05) is 19.6 Å². The van der Waals surface area contributed by atoms with E-state index in [1.54, 1.807) is 24.5 Å². The van der Waals surface area contributed by atoms with Crippen LogP contribution in [0.25, 0.3) is 11.1 Å². The Hall–Kier alpha value is -3.48. The van der Waals surface area contributed by atoms with Gasteiger partial charge in [-0.05, 0) is 48.2 Å². The van der Waals surface area contributed by atoms with Crippen molar-refractivity contribution in [1.29, 1.82) is 0 Å². The van der Waals surface area contributed by atoms with Crippen LogP contribution >= 0.6 is 0 Å². The molecule has 1 atom stereocenters. The summed E-state index contributed by atoms with van der Waals surface area (Å²) in [7, 11) is 0. The molecule has 6 nitrogen and oxygen atoms in total. The number of amides is 1. The number of carbonyl (C=O) groups is 1. The van der Waals surface area contributed by atoms with E-state index in [1.165, 1.54) is 0 Å². The zero-order valence-corrected chi connectivity index (χ0v) is 23.1. The minimum absolute atomic E-state index is 0.00650. The maximum Gasteiger partial charge on any atom is 0.430 e. The molecule has 0 radical (unpaired) electrons. The van der Waals surface area contributed by atoms with Crippen molar-refractivity contribution in [3.8, 4) is 11.1 Å². The van der Waals surface area contributed by atoms with Gasteiger partial charge in [-0.25, -0.2) is 0 Å². The van der Waals surface area contributed by atoms with Crippen LogP contribution in [0.2, 0.25) is 0 Å². The number of benzene rings is 2. The largest absolute Gasteiger partial charge is 0.430 e. The number of piperazine rings is 1. The summed E-state index contributed by atoms with van der Waals surface area (Å²) in [5, 5.41) is 12.6. The van der Waals surface area contributed by atoms with Gasteiger partial charge >= 0.3 is 12.4 Å². The van der Waals surface area contributed by atoms with Gasteiger partial charge in [0.05, 0.1) is 0 Å². The standard InChI is InChI=1S/C30H32F6N4O2/c1-20(2)38-27(41)26-19-39(15-16-40(26)18-22-11-13-37-14-12-22)17-21-3-5-23(6-4-21)24-7-9-25(10-8-24)28(42,29(31,32)33)30(34,35)36/h3-14,20,26,42H,15-19H2,1-2H3,(H,38,41)/t26-/m1/s1. The minimum Gasteiger partial charge on any atom is -0.369 e. The molecule has 3 aromatic rings. The van der Waals surface area contributed by atoms with E-state index in [0.717, 1.165) is 29.8 Å². The van der Waals surface area contributed by atoms with E-state index in [1.807, 2.05) is 38.1 Å². The van der Waals surface area contributed by atoms with E-state index in [9.17, 15) is 36.2 Å². The number of hydrogen-bond donors (Lipinski definition) is 2. The minimum atomic E-state index is -5.94. The molecule has 0 spiro atoms. The number of hydrogen-bond acceptors (Lipinski definition) is 5.